The van der Waals surface area contributed by atoms with Gasteiger partial charge in [0, 0.05) is 12.5 Å². The van der Waals surface area contributed by atoms with Crippen LogP contribution in [0.1, 0.15) is 27.2 Å². The third-order valence-electron chi connectivity index (χ3n) is 2.32. The first kappa shape index (κ1) is 18.8. The second-order valence-electron chi connectivity index (χ2n) is 4.73. The lowest BCUT2D eigenvalue weighted by atomic mass is 10.2. The van der Waals surface area contributed by atoms with Crippen LogP contribution >= 0.6 is 0 Å². The van der Waals surface area contributed by atoms with Gasteiger partial charge in [0.25, 0.3) is 0 Å². The number of aliphatic hydroxyl groups excluding tert-OH is 1. The average Bonchev–Trinajstić information content (AvgIpc) is 2.38. The van der Waals surface area contributed by atoms with E-state index in [0.717, 1.165) is 13.0 Å². The van der Waals surface area contributed by atoms with Crippen LogP contribution in [0, 0.1) is 5.92 Å². The van der Waals surface area contributed by atoms with Crippen molar-refractivity contribution in [1.82, 2.24) is 0 Å². The molecule has 0 aliphatic carbocycles. The molecule has 0 bridgehead atoms. The third-order valence-corrected chi connectivity index (χ3v) is 2.32. The summed E-state index contributed by atoms with van der Waals surface area (Å²) < 4.78 is 21.8. The molecule has 5 heteroatoms. The van der Waals surface area contributed by atoms with Crippen LogP contribution in [0.3, 0.4) is 0 Å². The Hall–Kier alpha value is -0.200. The maximum atomic E-state index is 8.69. The Morgan fingerprint density at radius 2 is 1.42 bits per heavy atom. The van der Waals surface area contributed by atoms with Crippen molar-refractivity contribution in [2.45, 2.75) is 33.3 Å². The molecular formula is C14H30O5. The van der Waals surface area contributed by atoms with Gasteiger partial charge in [0.1, 0.15) is 0 Å². The highest BCUT2D eigenvalue weighted by Gasteiger charge is 2.10. The molecule has 0 aromatic carbocycles. The summed E-state index contributed by atoms with van der Waals surface area (Å²) in [5, 5.41) is 8.69. The monoisotopic (exact) mass is 278 g/mol. The van der Waals surface area contributed by atoms with Gasteiger partial charge in [0.15, 0.2) is 0 Å². The standard InChI is InChI=1S/C14H30O5/c1-4-6-16-10-14(11-17-7-5-15)12-18-8-9-19-13(2)3/h13-15H,4-12H2,1-3H3. The van der Waals surface area contributed by atoms with Gasteiger partial charge in [-0.1, -0.05) is 6.92 Å². The maximum Gasteiger partial charge on any atom is 0.0703 e. The fourth-order valence-electron chi connectivity index (χ4n) is 1.45. The fourth-order valence-corrected chi connectivity index (χ4v) is 1.45. The van der Waals surface area contributed by atoms with Crippen LogP contribution in [-0.2, 0) is 18.9 Å². The largest absolute Gasteiger partial charge is 0.394 e. The van der Waals surface area contributed by atoms with E-state index in [0.29, 0.717) is 39.6 Å². The smallest absolute Gasteiger partial charge is 0.0703 e. The van der Waals surface area contributed by atoms with E-state index in [9.17, 15) is 0 Å². The lowest BCUT2D eigenvalue weighted by molar-refractivity contribution is -0.0303. The molecule has 0 heterocycles. The molecule has 116 valence electrons. The molecule has 0 aliphatic rings. The first-order chi connectivity index (χ1) is 9.20. The second kappa shape index (κ2) is 14.2. The van der Waals surface area contributed by atoms with Crippen LogP contribution < -0.4 is 0 Å². The van der Waals surface area contributed by atoms with Crippen LogP contribution in [0.2, 0.25) is 0 Å². The van der Waals surface area contributed by atoms with Gasteiger partial charge in [-0.3, -0.25) is 0 Å². The Labute approximate surface area is 117 Å². The molecule has 19 heavy (non-hydrogen) atoms. The molecule has 5 nitrogen and oxygen atoms in total. The van der Waals surface area contributed by atoms with Gasteiger partial charge in [0.05, 0.1) is 52.4 Å². The summed E-state index contributed by atoms with van der Waals surface area (Å²) in [5.74, 6) is 0.206. The summed E-state index contributed by atoms with van der Waals surface area (Å²) in [5.41, 5.74) is 0. The normalized spacial score (nSPS) is 13.1. The van der Waals surface area contributed by atoms with E-state index in [1.807, 2.05) is 13.8 Å². The Bertz CT molecular complexity index is 165. The zero-order valence-corrected chi connectivity index (χ0v) is 12.6. The van der Waals surface area contributed by atoms with Gasteiger partial charge in [-0.15, -0.1) is 0 Å². The molecule has 0 aliphatic heterocycles. The van der Waals surface area contributed by atoms with Crippen LogP contribution in [0.15, 0.2) is 0 Å². The SMILES string of the molecule is CCCOCC(COCCO)COCCOC(C)C. The lowest BCUT2D eigenvalue weighted by Gasteiger charge is -2.17. The zero-order valence-electron chi connectivity index (χ0n) is 12.6. The lowest BCUT2D eigenvalue weighted by Crippen LogP contribution is -2.24. The van der Waals surface area contributed by atoms with Crippen molar-refractivity contribution in [2.24, 2.45) is 5.92 Å². The molecule has 0 amide bonds. The zero-order chi connectivity index (χ0) is 14.3. The van der Waals surface area contributed by atoms with Crippen LogP contribution in [0.25, 0.3) is 0 Å². The number of hydrogen-bond donors (Lipinski definition) is 1. The molecule has 1 unspecified atom stereocenters. The summed E-state index contributed by atoms with van der Waals surface area (Å²) in [6, 6.07) is 0. The first-order valence-corrected chi connectivity index (χ1v) is 7.16. The number of ether oxygens (including phenoxy) is 4. The maximum absolute atomic E-state index is 8.69. The van der Waals surface area contributed by atoms with E-state index < -0.39 is 0 Å². The first-order valence-electron chi connectivity index (χ1n) is 7.16. The van der Waals surface area contributed by atoms with Gasteiger partial charge < -0.3 is 24.1 Å². The molecule has 0 saturated carbocycles. The molecule has 0 aromatic heterocycles. The van der Waals surface area contributed by atoms with Gasteiger partial charge in [0.2, 0.25) is 0 Å². The van der Waals surface area contributed by atoms with Gasteiger partial charge in [-0.25, -0.2) is 0 Å². The van der Waals surface area contributed by atoms with Gasteiger partial charge in [-0.05, 0) is 20.3 Å². The third kappa shape index (κ3) is 14.0. The predicted octanol–water partition coefficient (Wildman–Crippen LogP) is 1.48. The summed E-state index contributed by atoms with van der Waals surface area (Å²) in [6.45, 7) is 10.2. The summed E-state index contributed by atoms with van der Waals surface area (Å²) in [6.07, 6.45) is 1.24. The fraction of sp³-hybridized carbons (Fsp3) is 1.00. The molecule has 0 fully saturated rings. The van der Waals surface area contributed by atoms with Crippen molar-refractivity contribution in [3.05, 3.63) is 0 Å². The molecule has 0 saturated heterocycles. The highest BCUT2D eigenvalue weighted by atomic mass is 16.5. The Balaban J connectivity index is 3.64. The molecule has 0 spiro atoms. The highest BCUT2D eigenvalue weighted by Crippen LogP contribution is 2.01. The molecule has 0 radical (unpaired) electrons. The van der Waals surface area contributed by atoms with Crippen molar-refractivity contribution in [3.8, 4) is 0 Å². The van der Waals surface area contributed by atoms with E-state index in [1.165, 1.54) is 0 Å². The topological polar surface area (TPSA) is 57.2 Å². The van der Waals surface area contributed by atoms with Crippen LogP contribution in [-0.4, -0.2) is 64.1 Å². The minimum atomic E-state index is 0.0472. The Morgan fingerprint density at radius 1 is 0.842 bits per heavy atom. The molecule has 1 atom stereocenters. The predicted molar refractivity (Wildman–Crippen MR) is 74.4 cm³/mol. The number of aliphatic hydroxyl groups is 1. The van der Waals surface area contributed by atoms with E-state index in [4.69, 9.17) is 24.1 Å². The summed E-state index contributed by atoms with van der Waals surface area (Å²) in [7, 11) is 0. The number of rotatable bonds is 14. The highest BCUT2D eigenvalue weighted by molar-refractivity contribution is 4.56. The average molecular weight is 278 g/mol. The van der Waals surface area contributed by atoms with Crippen molar-refractivity contribution in [3.63, 3.8) is 0 Å². The molecule has 0 aromatic rings. The minimum Gasteiger partial charge on any atom is -0.394 e. The number of hydrogen-bond acceptors (Lipinski definition) is 5. The molecular weight excluding hydrogens is 248 g/mol. The van der Waals surface area contributed by atoms with E-state index in [-0.39, 0.29) is 18.6 Å². The van der Waals surface area contributed by atoms with Gasteiger partial charge >= 0.3 is 0 Å². The van der Waals surface area contributed by atoms with Crippen molar-refractivity contribution >= 4 is 0 Å². The van der Waals surface area contributed by atoms with Crippen LogP contribution in [0.5, 0.6) is 0 Å². The summed E-state index contributed by atoms with van der Waals surface area (Å²) in [4.78, 5) is 0. The van der Waals surface area contributed by atoms with Crippen LogP contribution in [0.4, 0.5) is 0 Å². The molecule has 0 rings (SSSR count). The van der Waals surface area contributed by atoms with Crippen molar-refractivity contribution in [1.29, 1.82) is 0 Å². The molecule has 1 N–H and O–H groups in total. The van der Waals surface area contributed by atoms with Gasteiger partial charge in [-0.2, -0.15) is 0 Å². The Morgan fingerprint density at radius 3 is 1.95 bits per heavy atom. The Kier molecular flexibility index (Phi) is 14.1. The van der Waals surface area contributed by atoms with E-state index >= 15 is 0 Å². The second-order valence-corrected chi connectivity index (χ2v) is 4.73. The van der Waals surface area contributed by atoms with E-state index in [2.05, 4.69) is 6.92 Å². The van der Waals surface area contributed by atoms with Crippen molar-refractivity contribution in [2.75, 3.05) is 52.9 Å². The van der Waals surface area contributed by atoms with Crippen molar-refractivity contribution < 1.29 is 24.1 Å². The quantitative estimate of drug-likeness (QED) is 0.488. The van der Waals surface area contributed by atoms with E-state index in [1.54, 1.807) is 0 Å². The minimum absolute atomic E-state index is 0.0472. The summed E-state index contributed by atoms with van der Waals surface area (Å²) >= 11 is 0.